The number of sulfonamides is 1. The van der Waals surface area contributed by atoms with E-state index in [1.807, 2.05) is 25.1 Å². The molecular formula is C12H19BrN2O3S. The fourth-order valence-electron chi connectivity index (χ4n) is 1.66. The number of methoxy groups -OCH3 is 1. The molecule has 3 N–H and O–H groups in total. The number of benzene rings is 1. The molecule has 0 radical (unpaired) electrons. The number of rotatable bonds is 7. The predicted molar refractivity (Wildman–Crippen MR) is 79.7 cm³/mol. The molecule has 0 fully saturated rings. The first-order chi connectivity index (χ1) is 8.83. The molecule has 19 heavy (non-hydrogen) atoms. The van der Waals surface area contributed by atoms with Crippen LogP contribution in [0.3, 0.4) is 0 Å². The fourth-order valence-corrected chi connectivity index (χ4v) is 2.77. The Morgan fingerprint density at radius 3 is 2.68 bits per heavy atom. The van der Waals surface area contributed by atoms with Crippen LogP contribution in [0.15, 0.2) is 22.7 Å². The predicted octanol–water partition coefficient (Wildman–Crippen LogP) is 1.79. The molecule has 0 saturated carbocycles. The molecule has 0 heterocycles. The third kappa shape index (κ3) is 5.90. The van der Waals surface area contributed by atoms with Gasteiger partial charge in [-0.15, -0.1) is 0 Å². The van der Waals surface area contributed by atoms with Crippen molar-refractivity contribution in [3.8, 4) is 5.75 Å². The van der Waals surface area contributed by atoms with Crippen LogP contribution in [0.2, 0.25) is 0 Å². The number of primary sulfonamides is 1. The minimum Gasteiger partial charge on any atom is -0.496 e. The van der Waals surface area contributed by atoms with Crippen LogP contribution < -0.4 is 15.2 Å². The second kappa shape index (κ2) is 7.23. The largest absolute Gasteiger partial charge is 0.496 e. The molecule has 0 aliphatic carbocycles. The molecule has 0 spiro atoms. The number of nitrogens with one attached hydrogen (secondary N) is 1. The van der Waals surface area contributed by atoms with E-state index in [0.29, 0.717) is 13.0 Å². The quantitative estimate of drug-likeness (QED) is 0.734. The van der Waals surface area contributed by atoms with Crippen molar-refractivity contribution in [1.29, 1.82) is 0 Å². The first-order valence-corrected chi connectivity index (χ1v) is 8.41. The van der Waals surface area contributed by atoms with Gasteiger partial charge in [-0.1, -0.05) is 6.07 Å². The normalized spacial score (nSPS) is 13.3. The van der Waals surface area contributed by atoms with Gasteiger partial charge in [0.25, 0.3) is 0 Å². The third-order valence-corrected chi connectivity index (χ3v) is 4.21. The van der Waals surface area contributed by atoms with E-state index in [1.165, 1.54) is 0 Å². The lowest BCUT2D eigenvalue weighted by molar-refractivity contribution is 0.411. The second-order valence-corrected chi connectivity index (χ2v) is 6.88. The first-order valence-electron chi connectivity index (χ1n) is 5.91. The van der Waals surface area contributed by atoms with Crippen LogP contribution in [0, 0.1) is 0 Å². The highest BCUT2D eigenvalue weighted by Gasteiger charge is 2.08. The zero-order chi connectivity index (χ0) is 14.5. The maximum absolute atomic E-state index is 10.8. The van der Waals surface area contributed by atoms with Crippen molar-refractivity contribution in [2.24, 2.45) is 5.14 Å². The monoisotopic (exact) mass is 350 g/mol. The first kappa shape index (κ1) is 16.4. The van der Waals surface area contributed by atoms with E-state index in [4.69, 9.17) is 9.88 Å². The molecule has 1 aromatic rings. The molecule has 1 atom stereocenters. The number of halogens is 1. The summed E-state index contributed by atoms with van der Waals surface area (Å²) in [4.78, 5) is 0. The Bertz CT molecular complexity index is 520. The van der Waals surface area contributed by atoms with Crippen LogP contribution in [-0.2, 0) is 10.0 Å². The van der Waals surface area contributed by atoms with E-state index < -0.39 is 10.0 Å². The highest BCUT2D eigenvalue weighted by molar-refractivity contribution is 9.10. The van der Waals surface area contributed by atoms with Gasteiger partial charge in [-0.25, -0.2) is 13.6 Å². The van der Waals surface area contributed by atoms with Crippen LogP contribution in [-0.4, -0.2) is 27.8 Å². The highest BCUT2D eigenvalue weighted by Crippen LogP contribution is 2.27. The van der Waals surface area contributed by atoms with Crippen molar-refractivity contribution in [1.82, 2.24) is 5.32 Å². The van der Waals surface area contributed by atoms with Gasteiger partial charge in [0.1, 0.15) is 5.75 Å². The van der Waals surface area contributed by atoms with Gasteiger partial charge in [-0.05, 0) is 53.5 Å². The van der Waals surface area contributed by atoms with Crippen molar-refractivity contribution in [2.45, 2.75) is 19.4 Å². The lowest BCUT2D eigenvalue weighted by Gasteiger charge is -2.15. The molecule has 0 aliphatic rings. The van der Waals surface area contributed by atoms with Crippen molar-refractivity contribution >= 4 is 26.0 Å². The summed E-state index contributed by atoms with van der Waals surface area (Å²) >= 11 is 3.43. The van der Waals surface area contributed by atoms with Gasteiger partial charge in [0.2, 0.25) is 10.0 Å². The van der Waals surface area contributed by atoms with Crippen LogP contribution in [0.1, 0.15) is 24.9 Å². The number of ether oxygens (including phenoxy) is 1. The molecule has 1 rings (SSSR count). The van der Waals surface area contributed by atoms with E-state index in [1.54, 1.807) is 7.11 Å². The van der Waals surface area contributed by atoms with Gasteiger partial charge in [0.05, 0.1) is 17.3 Å². The Morgan fingerprint density at radius 2 is 2.16 bits per heavy atom. The van der Waals surface area contributed by atoms with Gasteiger partial charge in [-0.3, -0.25) is 0 Å². The molecule has 1 unspecified atom stereocenters. The molecule has 0 bridgehead atoms. The zero-order valence-electron chi connectivity index (χ0n) is 11.0. The smallest absolute Gasteiger partial charge is 0.209 e. The second-order valence-electron chi connectivity index (χ2n) is 4.29. The molecule has 0 aromatic heterocycles. The van der Waals surface area contributed by atoms with E-state index in [9.17, 15) is 8.42 Å². The van der Waals surface area contributed by atoms with Crippen molar-refractivity contribution in [3.05, 3.63) is 28.2 Å². The van der Waals surface area contributed by atoms with Gasteiger partial charge in [0, 0.05) is 6.04 Å². The summed E-state index contributed by atoms with van der Waals surface area (Å²) in [7, 11) is -1.75. The number of nitrogens with two attached hydrogens (primary N) is 1. The topological polar surface area (TPSA) is 81.4 Å². The van der Waals surface area contributed by atoms with Crippen molar-refractivity contribution < 1.29 is 13.2 Å². The lowest BCUT2D eigenvalue weighted by atomic mass is 10.1. The van der Waals surface area contributed by atoms with Crippen molar-refractivity contribution in [3.63, 3.8) is 0 Å². The summed E-state index contributed by atoms with van der Waals surface area (Å²) in [6.07, 6.45) is 0.500. The Hall–Kier alpha value is -0.630. The summed E-state index contributed by atoms with van der Waals surface area (Å²) in [5, 5.41) is 8.19. The molecule has 7 heteroatoms. The molecule has 1 aromatic carbocycles. The van der Waals surface area contributed by atoms with Crippen LogP contribution in [0.25, 0.3) is 0 Å². The molecule has 0 aliphatic heterocycles. The highest BCUT2D eigenvalue weighted by atomic mass is 79.9. The Morgan fingerprint density at radius 1 is 1.47 bits per heavy atom. The minimum atomic E-state index is -3.37. The zero-order valence-corrected chi connectivity index (χ0v) is 13.4. The fraction of sp³-hybridized carbons (Fsp3) is 0.500. The maximum atomic E-state index is 10.8. The third-order valence-electron chi connectivity index (χ3n) is 2.73. The number of hydrogen-bond acceptors (Lipinski definition) is 4. The summed E-state index contributed by atoms with van der Waals surface area (Å²) < 4.78 is 27.6. The standard InChI is InChI=1S/C12H19BrN2O3S/c1-9(15-6-3-7-19(14,16)17)10-4-5-12(18-2)11(13)8-10/h4-5,8-9,15H,3,6-7H2,1-2H3,(H2,14,16,17). The summed E-state index contributed by atoms with van der Waals surface area (Å²) in [6.45, 7) is 2.62. The van der Waals surface area contributed by atoms with E-state index in [-0.39, 0.29) is 11.8 Å². The summed E-state index contributed by atoms with van der Waals surface area (Å²) in [5.74, 6) is 0.782. The van der Waals surface area contributed by atoms with E-state index >= 15 is 0 Å². The van der Waals surface area contributed by atoms with Crippen LogP contribution in [0.4, 0.5) is 0 Å². The molecule has 5 nitrogen and oxygen atoms in total. The minimum absolute atomic E-state index is 0.000965. The lowest BCUT2D eigenvalue weighted by Crippen LogP contribution is -2.24. The Balaban J connectivity index is 2.49. The van der Waals surface area contributed by atoms with Gasteiger partial charge < -0.3 is 10.1 Å². The van der Waals surface area contributed by atoms with Crippen molar-refractivity contribution in [2.75, 3.05) is 19.4 Å². The molecule has 0 amide bonds. The molecule has 108 valence electrons. The van der Waals surface area contributed by atoms with Crippen LogP contribution >= 0.6 is 15.9 Å². The Labute approximate surface area is 122 Å². The van der Waals surface area contributed by atoms with Crippen LogP contribution in [0.5, 0.6) is 5.75 Å². The number of hydrogen-bond donors (Lipinski definition) is 2. The Kier molecular flexibility index (Phi) is 6.25. The molecular weight excluding hydrogens is 332 g/mol. The average Bonchev–Trinajstić information content (AvgIpc) is 2.33. The van der Waals surface area contributed by atoms with Gasteiger partial charge in [-0.2, -0.15) is 0 Å². The van der Waals surface area contributed by atoms with Gasteiger partial charge >= 0.3 is 0 Å². The SMILES string of the molecule is COc1ccc(C(C)NCCCS(N)(=O)=O)cc1Br. The van der Waals surface area contributed by atoms with E-state index in [0.717, 1.165) is 15.8 Å². The summed E-state index contributed by atoms with van der Waals surface area (Å²) in [5.41, 5.74) is 1.10. The summed E-state index contributed by atoms with van der Waals surface area (Å²) in [6, 6.07) is 5.97. The average molecular weight is 351 g/mol. The van der Waals surface area contributed by atoms with E-state index in [2.05, 4.69) is 21.2 Å². The van der Waals surface area contributed by atoms with Gasteiger partial charge in [0.15, 0.2) is 0 Å². The maximum Gasteiger partial charge on any atom is 0.209 e. The molecule has 0 saturated heterocycles.